The van der Waals surface area contributed by atoms with Crippen molar-refractivity contribution in [2.75, 3.05) is 0 Å². The van der Waals surface area contributed by atoms with Crippen molar-refractivity contribution in [3.63, 3.8) is 0 Å². The second kappa shape index (κ2) is 11.9. The SMILES string of the molecule is NC(O)c1cc(-c2cccnc2[C@H](Cc2cc(F)cc(F)c2)NC(=O)Cn2cnc3cc(Cl)c(Cl)cc32)ccc1F. The molecule has 2 aromatic heterocycles. The van der Waals surface area contributed by atoms with Crippen molar-refractivity contribution in [1.82, 2.24) is 19.9 Å². The summed E-state index contributed by atoms with van der Waals surface area (Å²) in [4.78, 5) is 22.1. The smallest absolute Gasteiger partial charge is 0.240 e. The van der Waals surface area contributed by atoms with Gasteiger partial charge in [0.05, 0.1) is 39.1 Å². The Morgan fingerprint density at radius 3 is 2.46 bits per heavy atom. The van der Waals surface area contributed by atoms with Gasteiger partial charge in [0.15, 0.2) is 0 Å². The van der Waals surface area contributed by atoms with Crippen LogP contribution >= 0.6 is 23.2 Å². The molecule has 12 heteroatoms. The first-order valence-corrected chi connectivity index (χ1v) is 13.1. The molecule has 0 bridgehead atoms. The highest BCUT2D eigenvalue weighted by Crippen LogP contribution is 2.32. The van der Waals surface area contributed by atoms with E-state index in [9.17, 15) is 23.1 Å². The van der Waals surface area contributed by atoms with E-state index in [1.165, 1.54) is 36.8 Å². The number of aliphatic hydroxyl groups is 1. The Kier molecular flexibility index (Phi) is 8.27. The van der Waals surface area contributed by atoms with Gasteiger partial charge in [0.2, 0.25) is 5.91 Å². The molecule has 0 radical (unpaired) electrons. The van der Waals surface area contributed by atoms with Crippen molar-refractivity contribution in [2.45, 2.75) is 25.2 Å². The molecule has 1 unspecified atom stereocenters. The molecule has 5 rings (SSSR count). The molecular formula is C29H22Cl2F3N5O2. The number of fused-ring (bicyclic) bond motifs is 1. The number of imidazole rings is 1. The lowest BCUT2D eigenvalue weighted by atomic mass is 9.94. The number of rotatable bonds is 8. The summed E-state index contributed by atoms with van der Waals surface area (Å²) in [6.07, 6.45) is 1.39. The quantitative estimate of drug-likeness (QED) is 0.193. The maximum absolute atomic E-state index is 14.3. The van der Waals surface area contributed by atoms with Crippen LogP contribution in [0.1, 0.15) is 29.1 Å². The van der Waals surface area contributed by atoms with Gasteiger partial charge < -0.3 is 20.7 Å². The van der Waals surface area contributed by atoms with Crippen LogP contribution in [0.2, 0.25) is 10.0 Å². The van der Waals surface area contributed by atoms with Crippen LogP contribution < -0.4 is 11.1 Å². The molecule has 41 heavy (non-hydrogen) atoms. The number of nitrogens with two attached hydrogens (primary N) is 1. The molecule has 4 N–H and O–H groups in total. The van der Waals surface area contributed by atoms with E-state index in [-0.39, 0.29) is 24.1 Å². The van der Waals surface area contributed by atoms with Crippen LogP contribution in [0.5, 0.6) is 0 Å². The highest BCUT2D eigenvalue weighted by Gasteiger charge is 2.23. The minimum Gasteiger partial charge on any atom is -0.374 e. The molecule has 5 aromatic rings. The molecule has 0 spiro atoms. The third-order valence-corrected chi connectivity index (χ3v) is 7.19. The standard InChI is InChI=1S/C29H22Cl2F3N5O2/c30-21-11-24-26(12-22(21)31)39(14-37-24)13-27(40)38-25(8-15-6-17(32)10-18(33)7-15)28-19(2-1-5-36-28)16-3-4-23(34)20(9-16)29(35)41/h1-7,9-12,14,25,29,41H,8,13,35H2,(H,38,40)/t25-,29?/m0/s1. The second-order valence-corrected chi connectivity index (χ2v) is 10.2. The van der Waals surface area contributed by atoms with Gasteiger partial charge in [0, 0.05) is 23.4 Å². The molecule has 0 aliphatic rings. The Labute approximate surface area is 242 Å². The third-order valence-electron chi connectivity index (χ3n) is 6.47. The van der Waals surface area contributed by atoms with Crippen molar-refractivity contribution in [2.24, 2.45) is 5.73 Å². The summed E-state index contributed by atoms with van der Waals surface area (Å²) in [7, 11) is 0. The summed E-state index contributed by atoms with van der Waals surface area (Å²) in [6, 6.07) is 12.8. The summed E-state index contributed by atoms with van der Waals surface area (Å²) < 4.78 is 44.0. The van der Waals surface area contributed by atoms with E-state index in [1.54, 1.807) is 28.8 Å². The number of aromatic nitrogens is 3. The normalized spacial score (nSPS) is 12.9. The lowest BCUT2D eigenvalue weighted by Crippen LogP contribution is -2.33. The van der Waals surface area contributed by atoms with Crippen molar-refractivity contribution >= 4 is 40.1 Å². The first-order valence-electron chi connectivity index (χ1n) is 12.3. The van der Waals surface area contributed by atoms with E-state index in [0.717, 1.165) is 12.1 Å². The number of hydrogen-bond acceptors (Lipinski definition) is 5. The van der Waals surface area contributed by atoms with Gasteiger partial charge in [-0.3, -0.25) is 9.78 Å². The summed E-state index contributed by atoms with van der Waals surface area (Å²) in [5.41, 5.74) is 8.10. The summed E-state index contributed by atoms with van der Waals surface area (Å²) in [6.45, 7) is -0.162. The molecule has 210 valence electrons. The number of nitrogens with one attached hydrogen (secondary N) is 1. The van der Waals surface area contributed by atoms with Crippen LogP contribution in [-0.4, -0.2) is 25.5 Å². The lowest BCUT2D eigenvalue weighted by molar-refractivity contribution is -0.122. The molecule has 0 aliphatic carbocycles. The van der Waals surface area contributed by atoms with Gasteiger partial charge >= 0.3 is 0 Å². The average molecular weight is 600 g/mol. The largest absolute Gasteiger partial charge is 0.374 e. The first kappa shape index (κ1) is 28.6. The molecule has 3 aromatic carbocycles. The van der Waals surface area contributed by atoms with Gasteiger partial charge in [-0.2, -0.15) is 0 Å². The highest BCUT2D eigenvalue weighted by atomic mass is 35.5. The zero-order valence-electron chi connectivity index (χ0n) is 21.2. The van der Waals surface area contributed by atoms with Crippen molar-refractivity contribution in [3.8, 4) is 11.1 Å². The molecule has 0 saturated heterocycles. The Hall–Kier alpha value is -3.96. The Morgan fingerprint density at radius 2 is 1.73 bits per heavy atom. The van der Waals surface area contributed by atoms with E-state index in [2.05, 4.69) is 15.3 Å². The number of pyridine rings is 1. The summed E-state index contributed by atoms with van der Waals surface area (Å²) >= 11 is 12.2. The minimum atomic E-state index is -1.56. The van der Waals surface area contributed by atoms with Crippen LogP contribution in [0.3, 0.4) is 0 Å². The molecule has 7 nitrogen and oxygen atoms in total. The lowest BCUT2D eigenvalue weighted by Gasteiger charge is -2.22. The fraction of sp³-hybridized carbons (Fsp3) is 0.138. The Bertz CT molecular complexity index is 1740. The summed E-state index contributed by atoms with van der Waals surface area (Å²) in [5, 5.41) is 13.3. The number of halogens is 5. The molecule has 0 aliphatic heterocycles. The number of aliphatic hydroxyl groups excluding tert-OH is 1. The van der Waals surface area contributed by atoms with Crippen molar-refractivity contribution in [1.29, 1.82) is 0 Å². The topological polar surface area (TPSA) is 106 Å². The zero-order valence-corrected chi connectivity index (χ0v) is 22.7. The predicted octanol–water partition coefficient (Wildman–Crippen LogP) is 5.87. The van der Waals surface area contributed by atoms with E-state index in [4.69, 9.17) is 28.9 Å². The number of nitrogens with zero attached hydrogens (tertiary/aromatic N) is 3. The van der Waals surface area contributed by atoms with E-state index in [1.807, 2.05) is 0 Å². The van der Waals surface area contributed by atoms with Crippen molar-refractivity contribution < 1.29 is 23.1 Å². The van der Waals surface area contributed by atoms with Crippen LogP contribution in [0.25, 0.3) is 22.2 Å². The number of carbonyl (C=O) groups excluding carboxylic acids is 1. The molecule has 1 amide bonds. The maximum Gasteiger partial charge on any atom is 0.240 e. The molecule has 0 fully saturated rings. The summed E-state index contributed by atoms with van der Waals surface area (Å²) in [5.74, 6) is -2.69. The van der Waals surface area contributed by atoms with Gasteiger partial charge in [-0.05, 0) is 60.0 Å². The average Bonchev–Trinajstić information content (AvgIpc) is 3.28. The van der Waals surface area contributed by atoms with Gasteiger partial charge in [-0.1, -0.05) is 35.3 Å². The maximum atomic E-state index is 14.3. The molecule has 0 saturated carbocycles. The van der Waals surface area contributed by atoms with Crippen LogP contribution in [0, 0.1) is 17.5 Å². The Morgan fingerprint density at radius 1 is 1.00 bits per heavy atom. The zero-order chi connectivity index (χ0) is 29.3. The van der Waals surface area contributed by atoms with E-state index < -0.39 is 35.6 Å². The van der Waals surface area contributed by atoms with Crippen LogP contribution in [-0.2, 0) is 17.8 Å². The molecular weight excluding hydrogens is 578 g/mol. The highest BCUT2D eigenvalue weighted by molar-refractivity contribution is 6.42. The number of carbonyl (C=O) groups is 1. The Balaban J connectivity index is 1.52. The van der Waals surface area contributed by atoms with Crippen molar-refractivity contribution in [3.05, 3.63) is 118 Å². The van der Waals surface area contributed by atoms with Gasteiger partial charge in [0.1, 0.15) is 30.2 Å². The van der Waals surface area contributed by atoms with Gasteiger partial charge in [-0.25, -0.2) is 18.2 Å². The minimum absolute atomic E-state index is 0.0237. The van der Waals surface area contributed by atoms with Gasteiger partial charge in [-0.15, -0.1) is 0 Å². The number of hydrogen-bond donors (Lipinski definition) is 3. The second-order valence-electron chi connectivity index (χ2n) is 9.35. The van der Waals surface area contributed by atoms with Gasteiger partial charge in [0.25, 0.3) is 0 Å². The fourth-order valence-electron chi connectivity index (χ4n) is 4.63. The third kappa shape index (κ3) is 6.36. The molecule has 2 heterocycles. The number of benzene rings is 3. The predicted molar refractivity (Wildman–Crippen MR) is 149 cm³/mol. The van der Waals surface area contributed by atoms with Crippen LogP contribution in [0.15, 0.2) is 73.2 Å². The fourth-order valence-corrected chi connectivity index (χ4v) is 4.95. The van der Waals surface area contributed by atoms with Crippen LogP contribution in [0.4, 0.5) is 13.2 Å². The monoisotopic (exact) mass is 599 g/mol. The number of amides is 1. The molecule has 2 atom stereocenters. The first-order chi connectivity index (χ1) is 19.6. The van der Waals surface area contributed by atoms with E-state index in [0.29, 0.717) is 37.9 Å². The van der Waals surface area contributed by atoms with E-state index >= 15 is 0 Å².